The van der Waals surface area contributed by atoms with E-state index in [1.165, 1.54) is 19.3 Å². The van der Waals surface area contributed by atoms with Crippen molar-refractivity contribution in [3.63, 3.8) is 0 Å². The molecule has 102 valence electrons. The second kappa shape index (κ2) is 6.72. The highest BCUT2D eigenvalue weighted by Crippen LogP contribution is 2.31. The molecule has 0 bridgehead atoms. The lowest BCUT2D eigenvalue weighted by atomic mass is 9.78. The Kier molecular flexibility index (Phi) is 5.90. The maximum absolute atomic E-state index is 9.69. The minimum atomic E-state index is -0.0284. The molecule has 0 aromatic carbocycles. The van der Waals surface area contributed by atoms with Crippen molar-refractivity contribution in [2.45, 2.75) is 70.5 Å². The Morgan fingerprint density at radius 2 is 2.18 bits per heavy atom. The van der Waals surface area contributed by atoms with Gasteiger partial charge >= 0.3 is 0 Å². The molecule has 1 aliphatic rings. The topological polar surface area (TPSA) is 35.5 Å². The molecular weight excluding hydrogens is 212 g/mol. The third-order valence-corrected chi connectivity index (χ3v) is 4.54. The lowest BCUT2D eigenvalue weighted by molar-refractivity contribution is 0.0558. The Morgan fingerprint density at radius 1 is 1.47 bits per heavy atom. The fourth-order valence-electron chi connectivity index (χ4n) is 3.06. The fourth-order valence-corrected chi connectivity index (χ4v) is 3.06. The van der Waals surface area contributed by atoms with Gasteiger partial charge in [-0.3, -0.25) is 0 Å². The van der Waals surface area contributed by atoms with E-state index in [2.05, 4.69) is 38.0 Å². The van der Waals surface area contributed by atoms with Crippen LogP contribution in [0.4, 0.5) is 0 Å². The van der Waals surface area contributed by atoms with Crippen LogP contribution in [0.3, 0.4) is 0 Å². The van der Waals surface area contributed by atoms with Gasteiger partial charge in [-0.15, -0.1) is 0 Å². The van der Waals surface area contributed by atoms with Gasteiger partial charge in [0.25, 0.3) is 0 Å². The number of hydrogen-bond donors (Lipinski definition) is 2. The summed E-state index contributed by atoms with van der Waals surface area (Å²) in [5, 5.41) is 13.2. The first-order valence-electron chi connectivity index (χ1n) is 7.16. The molecule has 3 atom stereocenters. The van der Waals surface area contributed by atoms with Crippen molar-refractivity contribution in [1.29, 1.82) is 0 Å². The summed E-state index contributed by atoms with van der Waals surface area (Å²) in [4.78, 5) is 2.50. The standard InChI is InChI=1S/C14H30N2O/c1-5-12(3)16(4)13-8-7-9-14(10-13,11-17)15-6-2/h12-13,15,17H,5-11H2,1-4H3. The number of nitrogens with one attached hydrogen (secondary N) is 1. The van der Waals surface area contributed by atoms with Crippen molar-refractivity contribution >= 4 is 0 Å². The van der Waals surface area contributed by atoms with Crippen LogP contribution < -0.4 is 5.32 Å². The van der Waals surface area contributed by atoms with Gasteiger partial charge in [0.05, 0.1) is 6.61 Å². The lowest BCUT2D eigenvalue weighted by Crippen LogP contribution is -2.56. The predicted octanol–water partition coefficient (Wildman–Crippen LogP) is 2.00. The molecule has 17 heavy (non-hydrogen) atoms. The highest BCUT2D eigenvalue weighted by Gasteiger charge is 2.37. The maximum Gasteiger partial charge on any atom is 0.0613 e. The van der Waals surface area contributed by atoms with E-state index >= 15 is 0 Å². The molecule has 1 fully saturated rings. The van der Waals surface area contributed by atoms with Gasteiger partial charge in [0.15, 0.2) is 0 Å². The van der Waals surface area contributed by atoms with E-state index in [1.54, 1.807) is 0 Å². The van der Waals surface area contributed by atoms with E-state index in [4.69, 9.17) is 0 Å². The van der Waals surface area contributed by atoms with E-state index in [0.29, 0.717) is 12.1 Å². The average Bonchev–Trinajstić information content (AvgIpc) is 2.37. The molecule has 0 saturated heterocycles. The van der Waals surface area contributed by atoms with Crippen LogP contribution in [0.25, 0.3) is 0 Å². The molecular formula is C14H30N2O. The van der Waals surface area contributed by atoms with Crippen LogP contribution in [0.15, 0.2) is 0 Å². The summed E-state index contributed by atoms with van der Waals surface area (Å²) in [6.45, 7) is 7.88. The van der Waals surface area contributed by atoms with E-state index < -0.39 is 0 Å². The number of rotatable bonds is 6. The van der Waals surface area contributed by atoms with E-state index in [1.807, 2.05) is 0 Å². The zero-order valence-electron chi connectivity index (χ0n) is 12.0. The zero-order chi connectivity index (χ0) is 12.9. The molecule has 1 aliphatic carbocycles. The van der Waals surface area contributed by atoms with Crippen molar-refractivity contribution < 1.29 is 5.11 Å². The molecule has 0 aromatic rings. The number of aliphatic hydroxyl groups is 1. The normalized spacial score (nSPS) is 31.8. The molecule has 3 nitrogen and oxygen atoms in total. The van der Waals surface area contributed by atoms with Crippen LogP contribution in [0.1, 0.15) is 52.9 Å². The highest BCUT2D eigenvalue weighted by molar-refractivity contribution is 4.96. The van der Waals surface area contributed by atoms with Gasteiger partial charge < -0.3 is 15.3 Å². The first-order chi connectivity index (χ1) is 8.08. The van der Waals surface area contributed by atoms with Gasteiger partial charge in [0, 0.05) is 17.6 Å². The summed E-state index contributed by atoms with van der Waals surface area (Å²) >= 11 is 0. The van der Waals surface area contributed by atoms with Gasteiger partial charge in [-0.05, 0) is 52.6 Å². The second-order valence-corrected chi connectivity index (χ2v) is 5.64. The van der Waals surface area contributed by atoms with E-state index in [9.17, 15) is 5.11 Å². The number of likely N-dealkylation sites (N-methyl/N-ethyl adjacent to an activating group) is 1. The van der Waals surface area contributed by atoms with Gasteiger partial charge in [-0.2, -0.15) is 0 Å². The van der Waals surface area contributed by atoms with Crippen molar-refractivity contribution in [3.8, 4) is 0 Å². The minimum absolute atomic E-state index is 0.0284. The molecule has 0 heterocycles. The van der Waals surface area contributed by atoms with Crippen molar-refractivity contribution in [2.75, 3.05) is 20.2 Å². The summed E-state index contributed by atoms with van der Waals surface area (Å²) in [5.74, 6) is 0. The van der Waals surface area contributed by atoms with Crippen LogP contribution in [0.2, 0.25) is 0 Å². The van der Waals surface area contributed by atoms with E-state index in [0.717, 1.165) is 19.4 Å². The molecule has 0 aromatic heterocycles. The van der Waals surface area contributed by atoms with Gasteiger partial charge in [-0.25, -0.2) is 0 Å². The van der Waals surface area contributed by atoms with Gasteiger partial charge in [-0.1, -0.05) is 13.8 Å². The van der Waals surface area contributed by atoms with Crippen LogP contribution in [0, 0.1) is 0 Å². The largest absolute Gasteiger partial charge is 0.394 e. The summed E-state index contributed by atoms with van der Waals surface area (Å²) in [7, 11) is 2.23. The van der Waals surface area contributed by atoms with Crippen LogP contribution in [-0.2, 0) is 0 Å². The number of aliphatic hydroxyl groups excluding tert-OH is 1. The Morgan fingerprint density at radius 3 is 2.71 bits per heavy atom. The monoisotopic (exact) mass is 242 g/mol. The van der Waals surface area contributed by atoms with Crippen LogP contribution in [0.5, 0.6) is 0 Å². The summed E-state index contributed by atoms with van der Waals surface area (Å²) in [6, 6.07) is 1.25. The first-order valence-corrected chi connectivity index (χ1v) is 7.16. The molecule has 0 aliphatic heterocycles. The first kappa shape index (κ1) is 14.9. The molecule has 3 unspecified atom stereocenters. The summed E-state index contributed by atoms with van der Waals surface area (Å²) in [6.07, 6.45) is 5.88. The van der Waals surface area contributed by atoms with Gasteiger partial charge in [0.1, 0.15) is 0 Å². The van der Waals surface area contributed by atoms with Crippen molar-refractivity contribution in [1.82, 2.24) is 10.2 Å². The van der Waals surface area contributed by atoms with E-state index in [-0.39, 0.29) is 12.1 Å². The second-order valence-electron chi connectivity index (χ2n) is 5.64. The molecule has 2 N–H and O–H groups in total. The Balaban J connectivity index is 2.64. The SMILES string of the molecule is CCNC1(CO)CCCC(N(C)C(C)CC)C1. The maximum atomic E-state index is 9.69. The predicted molar refractivity (Wildman–Crippen MR) is 73.3 cm³/mol. The summed E-state index contributed by atoms with van der Waals surface area (Å²) in [5.41, 5.74) is -0.0284. The number of nitrogens with zero attached hydrogens (tertiary/aromatic N) is 1. The van der Waals surface area contributed by atoms with Gasteiger partial charge in [0.2, 0.25) is 0 Å². The molecule has 0 spiro atoms. The van der Waals surface area contributed by atoms with Crippen LogP contribution >= 0.6 is 0 Å². The molecule has 1 saturated carbocycles. The fraction of sp³-hybridized carbons (Fsp3) is 1.00. The Hall–Kier alpha value is -0.120. The smallest absolute Gasteiger partial charge is 0.0613 e. The zero-order valence-corrected chi connectivity index (χ0v) is 12.0. The molecule has 0 amide bonds. The minimum Gasteiger partial charge on any atom is -0.394 e. The number of hydrogen-bond acceptors (Lipinski definition) is 3. The molecule has 1 rings (SSSR count). The van der Waals surface area contributed by atoms with Crippen molar-refractivity contribution in [3.05, 3.63) is 0 Å². The lowest BCUT2D eigenvalue weighted by Gasteiger charge is -2.45. The highest BCUT2D eigenvalue weighted by atomic mass is 16.3. The molecule has 3 heteroatoms. The summed E-state index contributed by atoms with van der Waals surface area (Å²) < 4.78 is 0. The van der Waals surface area contributed by atoms with Crippen molar-refractivity contribution in [2.24, 2.45) is 0 Å². The Bertz CT molecular complexity index is 218. The average molecular weight is 242 g/mol. The third-order valence-electron chi connectivity index (χ3n) is 4.54. The Labute approximate surface area is 107 Å². The molecule has 0 radical (unpaired) electrons. The third kappa shape index (κ3) is 3.67. The quantitative estimate of drug-likeness (QED) is 0.748. The van der Waals surface area contributed by atoms with Crippen LogP contribution in [-0.4, -0.2) is 47.8 Å².